The van der Waals surface area contributed by atoms with Gasteiger partial charge in [-0.3, -0.25) is 4.79 Å². The molecule has 1 amide bonds. The molecule has 0 bridgehead atoms. The van der Waals surface area contributed by atoms with Gasteiger partial charge in [0.1, 0.15) is 5.82 Å². The van der Waals surface area contributed by atoms with Gasteiger partial charge >= 0.3 is 0 Å². The number of fused-ring (bicyclic) bond motifs is 1. The van der Waals surface area contributed by atoms with Crippen molar-refractivity contribution in [3.63, 3.8) is 0 Å². The SMILES string of the molecule is Cl.NC(=O)c1ccc(Nc2nc(NC3CC3)c3ccccc3n2)cc1. The van der Waals surface area contributed by atoms with Crippen molar-refractivity contribution in [1.82, 2.24) is 9.97 Å². The van der Waals surface area contributed by atoms with Crippen molar-refractivity contribution in [3.05, 3.63) is 54.1 Å². The first-order valence-corrected chi connectivity index (χ1v) is 7.89. The summed E-state index contributed by atoms with van der Waals surface area (Å²) >= 11 is 0. The third-order valence-electron chi connectivity index (χ3n) is 3.95. The zero-order valence-electron chi connectivity index (χ0n) is 13.4. The first-order chi connectivity index (χ1) is 11.7. The average Bonchev–Trinajstić information content (AvgIpc) is 3.39. The second-order valence-electron chi connectivity index (χ2n) is 5.90. The number of carbonyl (C=O) groups excluding carboxylic acids is 1. The van der Waals surface area contributed by atoms with Gasteiger partial charge in [0, 0.05) is 22.7 Å². The second-order valence-corrected chi connectivity index (χ2v) is 5.90. The van der Waals surface area contributed by atoms with Gasteiger partial charge in [-0.15, -0.1) is 12.4 Å². The van der Waals surface area contributed by atoms with Gasteiger partial charge < -0.3 is 16.4 Å². The molecule has 25 heavy (non-hydrogen) atoms. The summed E-state index contributed by atoms with van der Waals surface area (Å²) in [6, 6.07) is 15.4. The molecule has 128 valence electrons. The molecule has 0 unspecified atom stereocenters. The van der Waals surface area contributed by atoms with Crippen LogP contribution in [0.15, 0.2) is 48.5 Å². The molecule has 7 heteroatoms. The van der Waals surface area contributed by atoms with E-state index in [0.29, 0.717) is 17.6 Å². The Hall–Kier alpha value is -2.86. The Balaban J connectivity index is 0.00000182. The molecule has 1 aliphatic rings. The highest BCUT2D eigenvalue weighted by molar-refractivity contribution is 5.93. The summed E-state index contributed by atoms with van der Waals surface area (Å²) < 4.78 is 0. The molecule has 0 spiro atoms. The Kier molecular flexibility index (Phi) is 4.72. The lowest BCUT2D eigenvalue weighted by Crippen LogP contribution is -2.10. The summed E-state index contributed by atoms with van der Waals surface area (Å²) in [5.74, 6) is 0.919. The molecule has 6 nitrogen and oxygen atoms in total. The molecule has 1 aliphatic carbocycles. The fraction of sp³-hybridized carbons (Fsp3) is 0.167. The van der Waals surface area contributed by atoms with E-state index in [1.165, 1.54) is 12.8 Å². The second kappa shape index (κ2) is 6.94. The maximum atomic E-state index is 11.1. The third-order valence-corrected chi connectivity index (χ3v) is 3.95. The topological polar surface area (TPSA) is 92.9 Å². The summed E-state index contributed by atoms with van der Waals surface area (Å²) in [6.45, 7) is 0. The number of nitrogens with two attached hydrogens (primary N) is 1. The predicted octanol–water partition coefficient (Wildman–Crippen LogP) is 3.47. The highest BCUT2D eigenvalue weighted by Crippen LogP contribution is 2.29. The number of benzene rings is 2. The standard InChI is InChI=1S/C18H17N5O.ClH/c19-16(24)11-5-7-13(8-6-11)21-18-22-15-4-2-1-3-14(15)17(23-18)20-12-9-10-12;/h1-8,12H,9-10H2,(H2,19,24)(H2,20,21,22,23);1H. The van der Waals surface area contributed by atoms with Crippen molar-refractivity contribution in [3.8, 4) is 0 Å². The van der Waals surface area contributed by atoms with Crippen molar-refractivity contribution in [2.75, 3.05) is 10.6 Å². The van der Waals surface area contributed by atoms with E-state index in [0.717, 1.165) is 22.4 Å². The number of hydrogen-bond acceptors (Lipinski definition) is 5. The maximum Gasteiger partial charge on any atom is 0.248 e. The molecule has 1 saturated carbocycles. The number of nitrogens with zero attached hydrogens (tertiary/aromatic N) is 2. The van der Waals surface area contributed by atoms with Gasteiger partial charge in [0.15, 0.2) is 0 Å². The van der Waals surface area contributed by atoms with Crippen LogP contribution in [-0.4, -0.2) is 21.9 Å². The highest BCUT2D eigenvalue weighted by Gasteiger charge is 2.22. The molecule has 1 heterocycles. The molecular weight excluding hydrogens is 338 g/mol. The van der Waals surface area contributed by atoms with Crippen molar-refractivity contribution in [2.45, 2.75) is 18.9 Å². The number of aromatic nitrogens is 2. The first-order valence-electron chi connectivity index (χ1n) is 7.89. The van der Waals surface area contributed by atoms with Gasteiger partial charge in [0.25, 0.3) is 0 Å². The summed E-state index contributed by atoms with van der Waals surface area (Å²) in [4.78, 5) is 20.3. The Labute approximate surface area is 151 Å². The highest BCUT2D eigenvalue weighted by atomic mass is 35.5. The van der Waals surface area contributed by atoms with Crippen LogP contribution in [0.3, 0.4) is 0 Å². The zero-order valence-corrected chi connectivity index (χ0v) is 14.2. The Morgan fingerprint density at radius 2 is 1.76 bits per heavy atom. The molecule has 0 saturated heterocycles. The van der Waals surface area contributed by atoms with Crippen LogP contribution in [0.4, 0.5) is 17.5 Å². The molecule has 4 N–H and O–H groups in total. The smallest absolute Gasteiger partial charge is 0.248 e. The number of primary amides is 1. The van der Waals surface area contributed by atoms with Crippen LogP contribution in [0.5, 0.6) is 0 Å². The minimum Gasteiger partial charge on any atom is -0.367 e. The molecule has 0 aliphatic heterocycles. The molecule has 1 fully saturated rings. The number of amides is 1. The number of anilines is 3. The van der Waals surface area contributed by atoms with E-state index in [4.69, 9.17) is 5.73 Å². The zero-order chi connectivity index (χ0) is 16.5. The van der Waals surface area contributed by atoms with Crippen molar-refractivity contribution in [2.24, 2.45) is 5.73 Å². The van der Waals surface area contributed by atoms with Gasteiger partial charge in [-0.1, -0.05) is 12.1 Å². The number of para-hydroxylation sites is 1. The summed E-state index contributed by atoms with van der Waals surface area (Å²) in [5.41, 5.74) is 7.41. The first kappa shape index (κ1) is 17.0. The van der Waals surface area contributed by atoms with Crippen molar-refractivity contribution >= 4 is 46.7 Å². The average molecular weight is 356 g/mol. The number of halogens is 1. The van der Waals surface area contributed by atoms with Crippen LogP contribution in [-0.2, 0) is 0 Å². The van der Waals surface area contributed by atoms with E-state index in [1.807, 2.05) is 24.3 Å². The minimum atomic E-state index is -0.445. The number of carbonyl (C=O) groups is 1. The Bertz CT molecular complexity index is 909. The summed E-state index contributed by atoms with van der Waals surface area (Å²) in [5, 5.41) is 7.65. The van der Waals surface area contributed by atoms with E-state index >= 15 is 0 Å². The summed E-state index contributed by atoms with van der Waals surface area (Å²) in [7, 11) is 0. The lowest BCUT2D eigenvalue weighted by molar-refractivity contribution is 0.100. The normalized spacial score (nSPS) is 13.1. The fourth-order valence-corrected chi connectivity index (χ4v) is 2.51. The van der Waals surface area contributed by atoms with E-state index < -0.39 is 5.91 Å². The quantitative estimate of drug-likeness (QED) is 0.651. The van der Waals surface area contributed by atoms with Crippen LogP contribution in [0.2, 0.25) is 0 Å². The van der Waals surface area contributed by atoms with E-state index in [9.17, 15) is 4.79 Å². The van der Waals surface area contributed by atoms with Crippen LogP contribution in [0, 0.1) is 0 Å². The van der Waals surface area contributed by atoms with E-state index in [-0.39, 0.29) is 12.4 Å². The largest absolute Gasteiger partial charge is 0.367 e. The minimum absolute atomic E-state index is 0. The van der Waals surface area contributed by atoms with Crippen LogP contribution in [0.25, 0.3) is 10.9 Å². The van der Waals surface area contributed by atoms with E-state index in [1.54, 1.807) is 24.3 Å². The summed E-state index contributed by atoms with van der Waals surface area (Å²) in [6.07, 6.45) is 2.35. The molecular formula is C18H18ClN5O. The third kappa shape index (κ3) is 3.80. The van der Waals surface area contributed by atoms with Gasteiger partial charge in [0.2, 0.25) is 11.9 Å². The molecule has 0 radical (unpaired) electrons. The van der Waals surface area contributed by atoms with Gasteiger partial charge in [0.05, 0.1) is 5.52 Å². The number of nitrogens with one attached hydrogen (secondary N) is 2. The molecule has 3 aromatic rings. The van der Waals surface area contributed by atoms with Crippen molar-refractivity contribution in [1.29, 1.82) is 0 Å². The predicted molar refractivity (Wildman–Crippen MR) is 102 cm³/mol. The number of hydrogen-bond donors (Lipinski definition) is 3. The molecule has 2 aromatic carbocycles. The monoisotopic (exact) mass is 355 g/mol. The molecule has 0 atom stereocenters. The Morgan fingerprint density at radius 1 is 1.04 bits per heavy atom. The van der Waals surface area contributed by atoms with Gasteiger partial charge in [-0.2, -0.15) is 4.98 Å². The lowest BCUT2D eigenvalue weighted by atomic mass is 10.2. The maximum absolute atomic E-state index is 11.1. The molecule has 4 rings (SSSR count). The van der Waals surface area contributed by atoms with Crippen LogP contribution >= 0.6 is 12.4 Å². The number of rotatable bonds is 5. The van der Waals surface area contributed by atoms with Crippen molar-refractivity contribution < 1.29 is 4.79 Å². The van der Waals surface area contributed by atoms with Gasteiger partial charge in [-0.05, 0) is 49.2 Å². The van der Waals surface area contributed by atoms with E-state index in [2.05, 4.69) is 20.6 Å². The lowest BCUT2D eigenvalue weighted by Gasteiger charge is -2.11. The fourth-order valence-electron chi connectivity index (χ4n) is 2.51. The van der Waals surface area contributed by atoms with Gasteiger partial charge in [-0.25, -0.2) is 4.98 Å². The Morgan fingerprint density at radius 3 is 2.44 bits per heavy atom. The van der Waals surface area contributed by atoms with Crippen LogP contribution < -0.4 is 16.4 Å². The van der Waals surface area contributed by atoms with Crippen LogP contribution in [0.1, 0.15) is 23.2 Å². The molecule has 1 aromatic heterocycles.